The van der Waals surface area contributed by atoms with Gasteiger partial charge in [0.15, 0.2) is 0 Å². The maximum absolute atomic E-state index is 10.8. The van der Waals surface area contributed by atoms with Gasteiger partial charge in [-0.3, -0.25) is 10.1 Å². The molecule has 1 aromatic rings. The van der Waals surface area contributed by atoms with E-state index in [1.807, 2.05) is 6.92 Å². The van der Waals surface area contributed by atoms with Crippen LogP contribution in [0.1, 0.15) is 12.6 Å². The Kier molecular flexibility index (Phi) is 4.24. The molecule has 0 saturated heterocycles. The summed E-state index contributed by atoms with van der Waals surface area (Å²) in [7, 11) is 1.63. The average Bonchev–Trinajstić information content (AvgIpc) is 2.48. The average molecular weight is 228 g/mol. The van der Waals surface area contributed by atoms with Gasteiger partial charge >= 0.3 is 5.69 Å². The van der Waals surface area contributed by atoms with E-state index in [-0.39, 0.29) is 11.6 Å². The van der Waals surface area contributed by atoms with Gasteiger partial charge in [0.25, 0.3) is 5.88 Å². The van der Waals surface area contributed by atoms with E-state index in [2.05, 4.69) is 10.4 Å². The second-order valence-corrected chi connectivity index (χ2v) is 3.32. The molecule has 0 radical (unpaired) electrons. The Morgan fingerprint density at radius 1 is 1.62 bits per heavy atom. The van der Waals surface area contributed by atoms with Crippen molar-refractivity contribution < 1.29 is 9.66 Å². The molecule has 90 valence electrons. The molecule has 16 heavy (non-hydrogen) atoms. The molecule has 7 nitrogen and oxygen atoms in total. The van der Waals surface area contributed by atoms with Crippen LogP contribution in [0.3, 0.4) is 0 Å². The van der Waals surface area contributed by atoms with E-state index in [9.17, 15) is 10.1 Å². The highest BCUT2D eigenvalue weighted by Crippen LogP contribution is 2.29. The van der Waals surface area contributed by atoms with E-state index in [0.29, 0.717) is 18.8 Å². The molecule has 0 amide bonds. The van der Waals surface area contributed by atoms with Crippen LogP contribution in [-0.2, 0) is 7.05 Å². The van der Waals surface area contributed by atoms with Crippen molar-refractivity contribution in [2.24, 2.45) is 7.05 Å². The molecule has 0 aliphatic carbocycles. The first kappa shape index (κ1) is 12.4. The van der Waals surface area contributed by atoms with Crippen LogP contribution >= 0.6 is 0 Å². The van der Waals surface area contributed by atoms with Gasteiger partial charge in [0, 0.05) is 13.6 Å². The Morgan fingerprint density at radius 3 is 2.88 bits per heavy atom. The van der Waals surface area contributed by atoms with Crippen molar-refractivity contribution in [2.75, 3.05) is 19.7 Å². The predicted octanol–water partition coefficient (Wildman–Crippen LogP) is 0.625. The van der Waals surface area contributed by atoms with E-state index in [0.717, 1.165) is 6.54 Å². The fourth-order valence-electron chi connectivity index (χ4n) is 1.39. The third-order valence-electron chi connectivity index (χ3n) is 2.09. The van der Waals surface area contributed by atoms with Crippen molar-refractivity contribution in [1.82, 2.24) is 15.1 Å². The van der Waals surface area contributed by atoms with Gasteiger partial charge in [-0.1, -0.05) is 6.92 Å². The van der Waals surface area contributed by atoms with Crippen LogP contribution in [0.15, 0.2) is 0 Å². The van der Waals surface area contributed by atoms with Gasteiger partial charge in [-0.25, -0.2) is 4.68 Å². The number of nitrogens with zero attached hydrogens (tertiary/aromatic N) is 3. The number of aryl methyl sites for hydroxylation is 2. The Labute approximate surface area is 93.5 Å². The highest BCUT2D eigenvalue weighted by molar-refractivity contribution is 5.45. The Morgan fingerprint density at radius 2 is 2.31 bits per heavy atom. The van der Waals surface area contributed by atoms with Crippen molar-refractivity contribution in [3.8, 4) is 5.88 Å². The van der Waals surface area contributed by atoms with E-state index in [4.69, 9.17) is 4.74 Å². The number of ether oxygens (including phenoxy) is 1. The summed E-state index contributed by atoms with van der Waals surface area (Å²) in [4.78, 5) is 10.3. The number of aromatic nitrogens is 2. The standard InChI is InChI=1S/C9H16N4O3/c1-4-10-5-6-16-9-8(13(14)15)7(2)11-12(9)3/h10H,4-6H2,1-3H3. The summed E-state index contributed by atoms with van der Waals surface area (Å²) in [6, 6.07) is 0. The number of rotatable bonds is 6. The first-order valence-corrected chi connectivity index (χ1v) is 5.09. The summed E-state index contributed by atoms with van der Waals surface area (Å²) in [5.41, 5.74) is 0.310. The Hall–Kier alpha value is -1.63. The van der Waals surface area contributed by atoms with Crippen LogP contribution < -0.4 is 10.1 Å². The van der Waals surface area contributed by atoms with E-state index in [1.54, 1.807) is 14.0 Å². The van der Waals surface area contributed by atoms with E-state index >= 15 is 0 Å². The number of hydrogen-bond donors (Lipinski definition) is 1. The zero-order valence-electron chi connectivity index (χ0n) is 9.69. The second-order valence-electron chi connectivity index (χ2n) is 3.32. The lowest BCUT2D eigenvalue weighted by molar-refractivity contribution is -0.386. The van der Waals surface area contributed by atoms with Crippen LogP contribution in [0.2, 0.25) is 0 Å². The van der Waals surface area contributed by atoms with Crippen molar-refractivity contribution in [1.29, 1.82) is 0 Å². The lowest BCUT2D eigenvalue weighted by Gasteiger charge is -2.05. The normalized spacial score (nSPS) is 10.4. The Balaban J connectivity index is 2.74. The largest absolute Gasteiger partial charge is 0.472 e. The van der Waals surface area contributed by atoms with Gasteiger partial charge in [0.1, 0.15) is 12.3 Å². The third-order valence-corrected chi connectivity index (χ3v) is 2.09. The molecule has 0 unspecified atom stereocenters. The molecule has 0 fully saturated rings. The summed E-state index contributed by atoms with van der Waals surface area (Å²) in [6.07, 6.45) is 0. The summed E-state index contributed by atoms with van der Waals surface area (Å²) >= 11 is 0. The molecule has 0 spiro atoms. The van der Waals surface area contributed by atoms with Gasteiger partial charge in [0.2, 0.25) is 0 Å². The van der Waals surface area contributed by atoms with Gasteiger partial charge in [0.05, 0.1) is 4.92 Å². The molecule has 1 N–H and O–H groups in total. The summed E-state index contributed by atoms with van der Waals surface area (Å²) in [5.74, 6) is 0.209. The SMILES string of the molecule is CCNCCOc1c([N+](=O)[O-])c(C)nn1C. The third kappa shape index (κ3) is 2.69. The summed E-state index contributed by atoms with van der Waals surface area (Å²) in [5, 5.41) is 17.8. The fraction of sp³-hybridized carbons (Fsp3) is 0.667. The zero-order chi connectivity index (χ0) is 12.1. The fourth-order valence-corrected chi connectivity index (χ4v) is 1.39. The van der Waals surface area contributed by atoms with Crippen molar-refractivity contribution >= 4 is 5.69 Å². The molecule has 0 aromatic carbocycles. The van der Waals surface area contributed by atoms with Crippen LogP contribution in [0.4, 0.5) is 5.69 Å². The quantitative estimate of drug-likeness (QED) is 0.438. The lowest BCUT2D eigenvalue weighted by Crippen LogP contribution is -2.21. The molecule has 1 heterocycles. The van der Waals surface area contributed by atoms with Crippen LogP contribution in [0, 0.1) is 17.0 Å². The molecule has 0 bridgehead atoms. The molecule has 7 heteroatoms. The Bertz CT molecular complexity index is 375. The molecular weight excluding hydrogens is 212 g/mol. The van der Waals surface area contributed by atoms with E-state index < -0.39 is 4.92 Å². The minimum Gasteiger partial charge on any atom is -0.472 e. The maximum atomic E-state index is 10.8. The molecule has 0 aliphatic heterocycles. The van der Waals surface area contributed by atoms with Gasteiger partial charge < -0.3 is 10.1 Å². The van der Waals surface area contributed by atoms with Crippen molar-refractivity contribution in [3.05, 3.63) is 15.8 Å². The van der Waals surface area contributed by atoms with Crippen molar-refractivity contribution in [2.45, 2.75) is 13.8 Å². The molecule has 0 atom stereocenters. The van der Waals surface area contributed by atoms with Gasteiger partial charge in [-0.05, 0) is 13.5 Å². The lowest BCUT2D eigenvalue weighted by atomic mass is 10.4. The zero-order valence-corrected chi connectivity index (χ0v) is 9.69. The minimum atomic E-state index is -0.467. The maximum Gasteiger partial charge on any atom is 0.353 e. The summed E-state index contributed by atoms with van der Waals surface area (Å²) in [6.45, 7) is 5.45. The number of nitrogens with one attached hydrogen (secondary N) is 1. The van der Waals surface area contributed by atoms with E-state index in [1.165, 1.54) is 4.68 Å². The molecule has 1 rings (SSSR count). The smallest absolute Gasteiger partial charge is 0.353 e. The van der Waals surface area contributed by atoms with Gasteiger partial charge in [-0.2, -0.15) is 5.10 Å². The predicted molar refractivity (Wildman–Crippen MR) is 58.6 cm³/mol. The topological polar surface area (TPSA) is 82.2 Å². The van der Waals surface area contributed by atoms with Crippen LogP contribution in [0.5, 0.6) is 5.88 Å². The minimum absolute atomic E-state index is 0.0565. The monoisotopic (exact) mass is 228 g/mol. The molecule has 0 aliphatic rings. The number of nitro groups is 1. The highest BCUT2D eigenvalue weighted by atomic mass is 16.6. The number of likely N-dealkylation sites (N-methyl/N-ethyl adjacent to an activating group) is 1. The summed E-state index contributed by atoms with van der Waals surface area (Å²) < 4.78 is 6.74. The number of hydrogen-bond acceptors (Lipinski definition) is 5. The van der Waals surface area contributed by atoms with Crippen LogP contribution in [-0.4, -0.2) is 34.4 Å². The molecule has 0 saturated carbocycles. The first-order valence-electron chi connectivity index (χ1n) is 5.09. The first-order chi connectivity index (χ1) is 7.57. The van der Waals surface area contributed by atoms with Gasteiger partial charge in [-0.15, -0.1) is 0 Å². The molecule has 1 aromatic heterocycles. The molecular formula is C9H16N4O3. The second kappa shape index (κ2) is 5.45. The highest BCUT2D eigenvalue weighted by Gasteiger charge is 2.25. The van der Waals surface area contributed by atoms with Crippen LogP contribution in [0.25, 0.3) is 0 Å². The van der Waals surface area contributed by atoms with Crippen molar-refractivity contribution in [3.63, 3.8) is 0 Å².